The summed E-state index contributed by atoms with van der Waals surface area (Å²) >= 11 is 0. The number of nitrogens with zero attached hydrogens (tertiary/aromatic N) is 1. The van der Waals surface area contributed by atoms with E-state index in [2.05, 4.69) is 21.1 Å². The Labute approximate surface area is 88.0 Å². The lowest BCUT2D eigenvalue weighted by molar-refractivity contribution is -0.876. The van der Waals surface area contributed by atoms with Crippen LogP contribution >= 0.6 is 0 Å². The number of likely N-dealkylation sites (N-methyl/N-ethyl adjacent to an activating group) is 1. The molecule has 0 saturated carbocycles. The highest BCUT2D eigenvalue weighted by Gasteiger charge is 2.17. The van der Waals surface area contributed by atoms with E-state index >= 15 is 0 Å². The summed E-state index contributed by atoms with van der Waals surface area (Å²) in [5.74, 6) is 0. The zero-order chi connectivity index (χ0) is 9.61. The Morgan fingerprint density at radius 3 is 1.62 bits per heavy atom. The predicted molar refractivity (Wildman–Crippen MR) is 49.9 cm³/mol. The fourth-order valence-electron chi connectivity index (χ4n) is 0.973. The molecule has 0 N–H and O–H groups in total. The van der Waals surface area contributed by atoms with Crippen LogP contribution in [0, 0.1) is 0 Å². The van der Waals surface area contributed by atoms with Gasteiger partial charge in [-0.2, -0.15) is 0 Å². The maximum Gasteiger partial charge on any atom is 0.207 e. The van der Waals surface area contributed by atoms with Crippen LogP contribution in [0.2, 0.25) is 0 Å². The number of hydrogen-bond donors (Lipinski definition) is 0. The minimum Gasteiger partial charge on any atom is -1.00 e. The first-order valence-electron chi connectivity index (χ1n) is 4.53. The molecule has 0 aliphatic rings. The second-order valence-electron chi connectivity index (χ2n) is 3.81. The summed E-state index contributed by atoms with van der Waals surface area (Å²) in [5, 5.41) is 0. The zero-order valence-corrected chi connectivity index (χ0v) is 10.1. The van der Waals surface area contributed by atoms with E-state index in [4.69, 9.17) is 9.47 Å². The van der Waals surface area contributed by atoms with Crippen molar-refractivity contribution in [3.8, 4) is 0 Å². The average molecular weight is 212 g/mol. The molecule has 82 valence electrons. The lowest BCUT2D eigenvalue weighted by atomic mass is 10.5. The van der Waals surface area contributed by atoms with E-state index in [1.165, 1.54) is 0 Å². The Hall–Kier alpha value is 0.170. The summed E-state index contributed by atoms with van der Waals surface area (Å²) in [5.41, 5.74) is 0. The van der Waals surface area contributed by atoms with Crippen LogP contribution in [0.15, 0.2) is 0 Å². The minimum absolute atomic E-state index is 0. The van der Waals surface area contributed by atoms with Crippen molar-refractivity contribution < 1.29 is 26.4 Å². The van der Waals surface area contributed by atoms with Crippen molar-refractivity contribution in [1.29, 1.82) is 0 Å². The molecule has 13 heavy (non-hydrogen) atoms. The van der Waals surface area contributed by atoms with Gasteiger partial charge in [-0.1, -0.05) is 0 Å². The molecule has 0 aromatic heterocycles. The Morgan fingerprint density at radius 1 is 1.00 bits per heavy atom. The average Bonchev–Trinajstić information content (AvgIpc) is 1.84. The summed E-state index contributed by atoms with van der Waals surface area (Å²) in [4.78, 5) is 0. The molecule has 0 aromatic carbocycles. The van der Waals surface area contributed by atoms with E-state index < -0.39 is 0 Å². The van der Waals surface area contributed by atoms with Crippen LogP contribution in [0.5, 0.6) is 0 Å². The third-order valence-corrected chi connectivity index (χ3v) is 1.40. The zero-order valence-electron chi connectivity index (χ0n) is 9.34. The van der Waals surface area contributed by atoms with Gasteiger partial charge >= 0.3 is 0 Å². The quantitative estimate of drug-likeness (QED) is 0.378. The van der Waals surface area contributed by atoms with Gasteiger partial charge in [-0.3, -0.25) is 0 Å². The third kappa shape index (κ3) is 10.1. The van der Waals surface area contributed by atoms with Gasteiger partial charge in [0.05, 0.1) is 21.1 Å². The van der Waals surface area contributed by atoms with Crippen LogP contribution in [0.3, 0.4) is 0 Å². The highest BCUT2D eigenvalue weighted by molar-refractivity contribution is 4.40. The molecule has 0 aliphatic heterocycles. The molecule has 0 radical (unpaired) electrons. The number of rotatable bonds is 6. The van der Waals surface area contributed by atoms with Gasteiger partial charge in [0.15, 0.2) is 0 Å². The van der Waals surface area contributed by atoms with Crippen LogP contribution in [-0.2, 0) is 9.47 Å². The highest BCUT2D eigenvalue weighted by Crippen LogP contribution is 2.01. The molecule has 0 rings (SSSR count). The molecule has 0 spiro atoms. The fraction of sp³-hybridized carbons (Fsp3) is 1.00. The lowest BCUT2D eigenvalue weighted by Gasteiger charge is -2.28. The number of hydrogen-bond acceptors (Lipinski definition) is 2. The van der Waals surface area contributed by atoms with Crippen molar-refractivity contribution in [1.82, 2.24) is 0 Å². The molecule has 0 amide bonds. The Morgan fingerprint density at radius 2 is 1.38 bits per heavy atom. The molecule has 0 aromatic rings. The molecule has 0 fully saturated rings. The van der Waals surface area contributed by atoms with Crippen molar-refractivity contribution >= 4 is 0 Å². The molecule has 0 saturated heterocycles. The highest BCUT2D eigenvalue weighted by atomic mass is 35.5. The fourth-order valence-corrected chi connectivity index (χ4v) is 0.973. The van der Waals surface area contributed by atoms with E-state index in [1.54, 1.807) is 0 Å². The predicted octanol–water partition coefficient (Wildman–Crippen LogP) is -1.90. The largest absolute Gasteiger partial charge is 1.00 e. The Bertz CT molecular complexity index is 109. The van der Waals surface area contributed by atoms with Gasteiger partial charge in [0.2, 0.25) is 6.29 Å². The van der Waals surface area contributed by atoms with Gasteiger partial charge in [0.25, 0.3) is 0 Å². The molecular formula is C9H22ClNO2. The van der Waals surface area contributed by atoms with Crippen LogP contribution in [0.4, 0.5) is 0 Å². The summed E-state index contributed by atoms with van der Waals surface area (Å²) in [6, 6.07) is 0. The molecule has 4 heteroatoms. The number of quaternary nitrogens is 1. The van der Waals surface area contributed by atoms with Gasteiger partial charge in [0, 0.05) is 13.2 Å². The van der Waals surface area contributed by atoms with Crippen LogP contribution < -0.4 is 12.4 Å². The van der Waals surface area contributed by atoms with E-state index in [0.717, 1.165) is 11.0 Å². The summed E-state index contributed by atoms with van der Waals surface area (Å²) in [6.45, 7) is 6.29. The molecular weight excluding hydrogens is 190 g/mol. The first kappa shape index (κ1) is 15.6. The standard InChI is InChI=1S/C9H22NO2.ClH/c1-6-11-9(12-7-2)8-10(3,4)5;/h9H,6-8H2,1-5H3;1H/q+1;/p-1. The van der Waals surface area contributed by atoms with Gasteiger partial charge in [-0.15, -0.1) is 0 Å². The van der Waals surface area contributed by atoms with Crippen molar-refractivity contribution in [3.05, 3.63) is 0 Å². The number of ether oxygens (including phenoxy) is 2. The minimum atomic E-state index is -0.0556. The van der Waals surface area contributed by atoms with Crippen LogP contribution in [-0.4, -0.2) is 51.7 Å². The monoisotopic (exact) mass is 211 g/mol. The van der Waals surface area contributed by atoms with Gasteiger partial charge in [0.1, 0.15) is 6.54 Å². The Balaban J connectivity index is 0. The molecule has 0 atom stereocenters. The molecule has 0 unspecified atom stereocenters. The van der Waals surface area contributed by atoms with Gasteiger partial charge in [-0.05, 0) is 13.8 Å². The van der Waals surface area contributed by atoms with E-state index in [0.29, 0.717) is 13.2 Å². The van der Waals surface area contributed by atoms with Crippen LogP contribution in [0.1, 0.15) is 13.8 Å². The van der Waals surface area contributed by atoms with Crippen molar-refractivity contribution in [2.75, 3.05) is 40.9 Å². The van der Waals surface area contributed by atoms with Crippen LogP contribution in [0.25, 0.3) is 0 Å². The maximum atomic E-state index is 5.42. The maximum absolute atomic E-state index is 5.42. The summed E-state index contributed by atoms with van der Waals surface area (Å²) < 4.78 is 11.7. The van der Waals surface area contributed by atoms with Gasteiger partial charge < -0.3 is 26.4 Å². The Kier molecular flexibility index (Phi) is 9.09. The molecule has 0 bridgehead atoms. The third-order valence-electron chi connectivity index (χ3n) is 1.40. The molecule has 3 nitrogen and oxygen atoms in total. The molecule has 0 heterocycles. The van der Waals surface area contributed by atoms with Gasteiger partial charge in [-0.25, -0.2) is 0 Å². The van der Waals surface area contributed by atoms with Crippen molar-refractivity contribution in [2.24, 2.45) is 0 Å². The topological polar surface area (TPSA) is 18.5 Å². The SMILES string of the molecule is CCOC(C[N+](C)(C)C)OCC.[Cl-]. The van der Waals surface area contributed by atoms with E-state index in [9.17, 15) is 0 Å². The van der Waals surface area contributed by atoms with E-state index in [1.807, 2.05) is 13.8 Å². The second kappa shape index (κ2) is 7.56. The van der Waals surface area contributed by atoms with E-state index in [-0.39, 0.29) is 18.7 Å². The summed E-state index contributed by atoms with van der Waals surface area (Å²) in [6.07, 6.45) is -0.0556. The number of halogens is 1. The second-order valence-corrected chi connectivity index (χ2v) is 3.81. The first-order chi connectivity index (χ1) is 5.49. The lowest BCUT2D eigenvalue weighted by Crippen LogP contribution is -3.00. The summed E-state index contributed by atoms with van der Waals surface area (Å²) in [7, 11) is 6.39. The smallest absolute Gasteiger partial charge is 0.207 e. The first-order valence-corrected chi connectivity index (χ1v) is 4.53. The normalized spacial score (nSPS) is 11.5. The van der Waals surface area contributed by atoms with Crippen molar-refractivity contribution in [2.45, 2.75) is 20.1 Å². The molecule has 0 aliphatic carbocycles. The van der Waals surface area contributed by atoms with Crippen molar-refractivity contribution in [3.63, 3.8) is 0 Å².